The van der Waals surface area contributed by atoms with Crippen LogP contribution in [0.4, 0.5) is 4.39 Å². The van der Waals surface area contributed by atoms with Gasteiger partial charge in [-0.1, -0.05) is 43.3 Å². The number of pyridine rings is 1. The zero-order valence-corrected chi connectivity index (χ0v) is 28.7. The lowest BCUT2D eigenvalue weighted by Crippen LogP contribution is -2.50. The first-order chi connectivity index (χ1) is 23.7. The molecule has 1 aliphatic heterocycles. The Morgan fingerprint density at radius 3 is 2.29 bits per heavy atom. The number of nitrogens with one attached hydrogen (secondary N) is 1. The van der Waals surface area contributed by atoms with Crippen LogP contribution in [0.3, 0.4) is 0 Å². The highest BCUT2D eigenvalue weighted by Gasteiger charge is 2.52. The van der Waals surface area contributed by atoms with E-state index in [0.29, 0.717) is 31.4 Å². The van der Waals surface area contributed by atoms with Crippen molar-refractivity contribution in [3.05, 3.63) is 93.0 Å². The van der Waals surface area contributed by atoms with Crippen LogP contribution in [0.2, 0.25) is 0 Å². The van der Waals surface area contributed by atoms with Crippen molar-refractivity contribution in [1.82, 2.24) is 34.1 Å². The second kappa shape index (κ2) is 13.6. The minimum absolute atomic E-state index is 0.0204. The summed E-state index contributed by atoms with van der Waals surface area (Å²) in [7, 11) is 3.86. The lowest BCUT2D eigenvalue weighted by atomic mass is 9.90. The summed E-state index contributed by atoms with van der Waals surface area (Å²) in [6, 6.07) is 16.9. The summed E-state index contributed by atoms with van der Waals surface area (Å²) >= 11 is 0. The van der Waals surface area contributed by atoms with E-state index in [1.807, 2.05) is 43.3 Å². The maximum Gasteiger partial charge on any atom is 0.337 e. The molecule has 2 aromatic heterocycles. The van der Waals surface area contributed by atoms with Gasteiger partial charge in [-0.2, -0.15) is 0 Å². The Hall–Kier alpha value is -4.19. The molecule has 7 rings (SSSR count). The van der Waals surface area contributed by atoms with Gasteiger partial charge in [-0.05, 0) is 94.1 Å². The number of piperazine rings is 1. The van der Waals surface area contributed by atoms with Crippen molar-refractivity contribution in [1.29, 1.82) is 0 Å². The van der Waals surface area contributed by atoms with E-state index in [4.69, 9.17) is 0 Å². The molecule has 258 valence electrons. The molecule has 3 fully saturated rings. The highest BCUT2D eigenvalue weighted by molar-refractivity contribution is 5.89. The number of benzene rings is 2. The van der Waals surface area contributed by atoms with Gasteiger partial charge in [-0.3, -0.25) is 24.0 Å². The smallest absolute Gasteiger partial charge is 0.337 e. The molecule has 0 unspecified atom stereocenters. The lowest BCUT2D eigenvalue weighted by molar-refractivity contribution is -0.128. The van der Waals surface area contributed by atoms with Crippen molar-refractivity contribution in [2.45, 2.75) is 69.6 Å². The second-order valence-electron chi connectivity index (χ2n) is 14.2. The van der Waals surface area contributed by atoms with Crippen molar-refractivity contribution < 1.29 is 9.18 Å². The van der Waals surface area contributed by atoms with Crippen LogP contribution in [-0.2, 0) is 11.3 Å². The summed E-state index contributed by atoms with van der Waals surface area (Å²) in [6.07, 6.45) is 5.12. The minimum atomic E-state index is -0.635. The van der Waals surface area contributed by atoms with Crippen LogP contribution in [0.5, 0.6) is 0 Å². The molecule has 1 saturated heterocycles. The normalized spacial score (nSPS) is 21.2. The van der Waals surface area contributed by atoms with Crippen LogP contribution < -0.4 is 16.6 Å². The molecule has 2 aliphatic carbocycles. The molecule has 1 N–H and O–H groups in total. The number of hydrogen-bond acceptors (Lipinski definition) is 7. The van der Waals surface area contributed by atoms with Crippen LogP contribution in [0, 0.1) is 5.82 Å². The zero-order chi connectivity index (χ0) is 34.3. The first-order valence-electron chi connectivity index (χ1n) is 17.6. The fraction of sp³-hybridized carbons (Fsp3) is 0.474. The first kappa shape index (κ1) is 33.3. The van der Waals surface area contributed by atoms with Gasteiger partial charge < -0.3 is 10.2 Å². The molecule has 2 aromatic carbocycles. The molecule has 0 spiro atoms. The summed E-state index contributed by atoms with van der Waals surface area (Å²) in [5.74, 6) is -0.587. The van der Waals surface area contributed by atoms with Gasteiger partial charge in [0.25, 0.3) is 5.56 Å². The second-order valence-corrected chi connectivity index (χ2v) is 14.2. The van der Waals surface area contributed by atoms with Crippen molar-refractivity contribution in [2.24, 2.45) is 0 Å². The number of nitrogens with zero attached hydrogens (tertiary/aromatic N) is 6. The van der Waals surface area contributed by atoms with E-state index in [-0.39, 0.29) is 29.0 Å². The first-order valence-corrected chi connectivity index (χ1v) is 17.6. The monoisotopic (exact) mass is 667 g/mol. The van der Waals surface area contributed by atoms with Crippen LogP contribution >= 0.6 is 0 Å². The third-order valence-electron chi connectivity index (χ3n) is 11.0. The molecule has 0 atom stereocenters. The summed E-state index contributed by atoms with van der Waals surface area (Å²) in [6.45, 7) is 8.54. The Morgan fingerprint density at radius 2 is 1.63 bits per heavy atom. The molecule has 10 nitrogen and oxygen atoms in total. The van der Waals surface area contributed by atoms with Crippen molar-refractivity contribution in [3.63, 3.8) is 0 Å². The summed E-state index contributed by atoms with van der Waals surface area (Å²) < 4.78 is 17.2. The van der Waals surface area contributed by atoms with Gasteiger partial charge in [0, 0.05) is 44.8 Å². The number of fused-ring (bicyclic) bond motifs is 1. The van der Waals surface area contributed by atoms with Gasteiger partial charge in [0.1, 0.15) is 5.82 Å². The Kier molecular flexibility index (Phi) is 9.25. The number of carbonyl (C=O) groups excluding carboxylic acids is 1. The Morgan fingerprint density at radius 1 is 0.939 bits per heavy atom. The molecule has 1 amide bonds. The van der Waals surface area contributed by atoms with Gasteiger partial charge in [0.05, 0.1) is 22.8 Å². The minimum Gasteiger partial charge on any atom is -0.352 e. The zero-order valence-electron chi connectivity index (χ0n) is 28.7. The van der Waals surface area contributed by atoms with Crippen LogP contribution in [0.1, 0.15) is 57.1 Å². The molecule has 4 aromatic rings. The van der Waals surface area contributed by atoms with Crippen LogP contribution in [-0.4, -0.2) is 93.1 Å². The van der Waals surface area contributed by atoms with Crippen molar-refractivity contribution in [3.8, 4) is 16.8 Å². The van der Waals surface area contributed by atoms with Gasteiger partial charge in [0.2, 0.25) is 5.91 Å². The Bertz CT molecular complexity index is 1950. The summed E-state index contributed by atoms with van der Waals surface area (Å²) in [4.78, 5) is 52.3. The number of aromatic nitrogens is 3. The van der Waals surface area contributed by atoms with E-state index in [1.54, 1.807) is 0 Å². The maximum atomic E-state index is 14.5. The van der Waals surface area contributed by atoms with E-state index in [0.717, 1.165) is 69.4 Å². The van der Waals surface area contributed by atoms with Crippen LogP contribution in [0.15, 0.2) is 70.4 Å². The van der Waals surface area contributed by atoms with Gasteiger partial charge in [0.15, 0.2) is 5.65 Å². The molecule has 2 saturated carbocycles. The van der Waals surface area contributed by atoms with E-state index < -0.39 is 22.6 Å². The van der Waals surface area contributed by atoms with Gasteiger partial charge in [-0.25, -0.2) is 18.7 Å². The molecule has 3 heterocycles. The quantitative estimate of drug-likeness (QED) is 0.286. The van der Waals surface area contributed by atoms with E-state index >= 15 is 0 Å². The molecule has 0 bridgehead atoms. The number of likely N-dealkylation sites (N-methyl/N-ethyl adjacent to an activating group) is 2. The number of hydrogen-bond donors (Lipinski definition) is 1. The fourth-order valence-electron chi connectivity index (χ4n) is 7.68. The maximum absolute atomic E-state index is 14.5. The van der Waals surface area contributed by atoms with Gasteiger partial charge >= 0.3 is 5.69 Å². The van der Waals surface area contributed by atoms with Gasteiger partial charge in [-0.15, -0.1) is 0 Å². The molecule has 3 aliphatic rings. The Balaban J connectivity index is 1.15. The molecular formula is C38H46FN7O3. The SMILES string of the molecule is CCN1CCN(Cc2ccc(-c3cccc(-n4c(=O)n([C@H]5CC[C@@H](NC(=O)C6(N(C)C)CC6)CC5)c(=O)c5cc(F)cnc54)c3)cc2)CC1. The standard InChI is InChI=1S/C38H46FN7O3/c1-4-43-18-20-44(21-19-43)25-26-8-10-27(11-9-26)28-6-5-7-32(22-28)45-34-33(23-29(39)24-40-34)35(47)46(37(45)49)31-14-12-30(13-15-31)41-36(48)38(16-17-38)42(2)3/h5-11,22-24,30-31H,4,12-21,25H2,1-3H3,(H,41,48)/t30-,31+. The largest absolute Gasteiger partial charge is 0.352 e. The molecule has 49 heavy (non-hydrogen) atoms. The number of amides is 1. The van der Waals surface area contributed by atoms with Crippen LogP contribution in [0.25, 0.3) is 27.8 Å². The highest BCUT2D eigenvalue weighted by Crippen LogP contribution is 2.41. The average Bonchev–Trinajstić information content (AvgIpc) is 3.93. The lowest BCUT2D eigenvalue weighted by Gasteiger charge is -2.34. The number of halogens is 1. The topological polar surface area (TPSA) is 95.7 Å². The van der Waals surface area contributed by atoms with Crippen molar-refractivity contribution >= 4 is 16.9 Å². The van der Waals surface area contributed by atoms with E-state index in [1.165, 1.54) is 20.8 Å². The predicted octanol–water partition coefficient (Wildman–Crippen LogP) is 4.19. The number of rotatable bonds is 9. The summed E-state index contributed by atoms with van der Waals surface area (Å²) in [5, 5.41) is 3.27. The molecular weight excluding hydrogens is 621 g/mol. The number of carbonyl (C=O) groups is 1. The summed E-state index contributed by atoms with van der Waals surface area (Å²) in [5.41, 5.74) is 2.41. The highest BCUT2D eigenvalue weighted by atomic mass is 19.1. The van der Waals surface area contributed by atoms with Crippen molar-refractivity contribution in [2.75, 3.05) is 46.8 Å². The third kappa shape index (κ3) is 6.59. The average molecular weight is 668 g/mol. The molecule has 11 heteroatoms. The molecule has 0 radical (unpaired) electrons. The third-order valence-corrected chi connectivity index (χ3v) is 11.0. The fourth-order valence-corrected chi connectivity index (χ4v) is 7.68. The van der Waals surface area contributed by atoms with E-state index in [9.17, 15) is 18.8 Å². The predicted molar refractivity (Wildman–Crippen MR) is 189 cm³/mol. The van der Waals surface area contributed by atoms with E-state index in [2.05, 4.69) is 51.3 Å². The Labute approximate surface area is 286 Å².